The first-order valence-corrected chi connectivity index (χ1v) is 5.99. The summed E-state index contributed by atoms with van der Waals surface area (Å²) in [6.07, 6.45) is -4.52. The van der Waals surface area contributed by atoms with E-state index in [0.717, 1.165) is 6.07 Å². The largest absolute Gasteiger partial charge is 0.478 e. The lowest BCUT2D eigenvalue weighted by Gasteiger charge is -2.15. The van der Waals surface area contributed by atoms with Gasteiger partial charge in [0, 0.05) is 4.90 Å². The molecular formula is C14H9F3O2S. The molecule has 2 rings (SSSR count). The van der Waals surface area contributed by atoms with Gasteiger partial charge in [0.25, 0.3) is 0 Å². The number of aromatic carboxylic acids is 1. The van der Waals surface area contributed by atoms with Crippen molar-refractivity contribution in [3.8, 4) is 11.1 Å². The molecule has 0 spiro atoms. The van der Waals surface area contributed by atoms with Crippen molar-refractivity contribution < 1.29 is 23.1 Å². The Kier molecular flexibility index (Phi) is 3.76. The molecule has 0 saturated carbocycles. The van der Waals surface area contributed by atoms with Crippen LogP contribution >= 0.6 is 12.6 Å². The molecule has 0 aliphatic carbocycles. The molecule has 0 aliphatic rings. The second kappa shape index (κ2) is 5.20. The lowest BCUT2D eigenvalue weighted by atomic mass is 9.97. The van der Waals surface area contributed by atoms with Crippen LogP contribution in [0.3, 0.4) is 0 Å². The molecule has 2 aromatic rings. The predicted octanol–water partition coefficient (Wildman–Crippen LogP) is 4.36. The highest BCUT2D eigenvalue weighted by Gasteiger charge is 2.33. The Balaban J connectivity index is 2.70. The summed E-state index contributed by atoms with van der Waals surface area (Å²) in [5, 5.41) is 9.00. The van der Waals surface area contributed by atoms with E-state index in [2.05, 4.69) is 12.6 Å². The first kappa shape index (κ1) is 14.5. The van der Waals surface area contributed by atoms with E-state index in [1.54, 1.807) is 0 Å². The minimum Gasteiger partial charge on any atom is -0.478 e. The van der Waals surface area contributed by atoms with Gasteiger partial charge in [-0.3, -0.25) is 0 Å². The number of hydrogen-bond donors (Lipinski definition) is 2. The molecule has 20 heavy (non-hydrogen) atoms. The maximum Gasteiger partial charge on any atom is 0.417 e. The van der Waals surface area contributed by atoms with Gasteiger partial charge in [0.1, 0.15) is 0 Å². The van der Waals surface area contributed by atoms with Crippen LogP contribution in [0.2, 0.25) is 0 Å². The minimum absolute atomic E-state index is 0.0108. The van der Waals surface area contributed by atoms with Gasteiger partial charge in [-0.2, -0.15) is 13.2 Å². The smallest absolute Gasteiger partial charge is 0.417 e. The first-order valence-electron chi connectivity index (χ1n) is 5.54. The average molecular weight is 298 g/mol. The molecule has 2 nitrogen and oxygen atoms in total. The molecule has 0 saturated heterocycles. The Morgan fingerprint density at radius 2 is 1.60 bits per heavy atom. The normalized spacial score (nSPS) is 11.4. The van der Waals surface area contributed by atoms with Crippen LogP contribution in [0, 0.1) is 0 Å². The molecular weight excluding hydrogens is 289 g/mol. The molecule has 0 atom stereocenters. The number of benzene rings is 2. The first-order chi connectivity index (χ1) is 9.32. The van der Waals surface area contributed by atoms with Gasteiger partial charge in [0.05, 0.1) is 11.1 Å². The Labute approximate surface area is 118 Å². The van der Waals surface area contributed by atoms with Gasteiger partial charge in [-0.15, -0.1) is 12.6 Å². The van der Waals surface area contributed by atoms with E-state index in [9.17, 15) is 18.0 Å². The van der Waals surface area contributed by atoms with E-state index in [4.69, 9.17) is 5.11 Å². The molecule has 1 N–H and O–H groups in total. The van der Waals surface area contributed by atoms with Gasteiger partial charge in [-0.1, -0.05) is 30.3 Å². The van der Waals surface area contributed by atoms with Crippen molar-refractivity contribution in [2.24, 2.45) is 0 Å². The number of thiol groups is 1. The van der Waals surface area contributed by atoms with Crippen LogP contribution < -0.4 is 0 Å². The third-order valence-electron chi connectivity index (χ3n) is 2.79. The van der Waals surface area contributed by atoms with Gasteiger partial charge in [-0.05, 0) is 23.3 Å². The summed E-state index contributed by atoms with van der Waals surface area (Å²) in [5.74, 6) is -1.23. The Morgan fingerprint density at radius 3 is 2.20 bits per heavy atom. The van der Waals surface area contributed by atoms with E-state index < -0.39 is 17.7 Å². The molecule has 0 fully saturated rings. The number of carboxylic acids is 1. The number of carbonyl (C=O) groups is 1. The van der Waals surface area contributed by atoms with Gasteiger partial charge in [0.15, 0.2) is 0 Å². The van der Waals surface area contributed by atoms with E-state index in [1.807, 2.05) is 0 Å². The topological polar surface area (TPSA) is 37.3 Å². The summed E-state index contributed by atoms with van der Waals surface area (Å²) in [5.41, 5.74) is -0.907. The van der Waals surface area contributed by atoms with Crippen molar-refractivity contribution in [3.05, 3.63) is 53.6 Å². The summed E-state index contributed by atoms with van der Waals surface area (Å²) in [6.45, 7) is 0. The lowest BCUT2D eigenvalue weighted by molar-refractivity contribution is -0.137. The van der Waals surface area contributed by atoms with Crippen molar-refractivity contribution in [3.63, 3.8) is 0 Å². The number of carboxylic acid groups (broad SMARTS) is 1. The zero-order valence-corrected chi connectivity index (χ0v) is 10.9. The molecule has 6 heteroatoms. The monoisotopic (exact) mass is 298 g/mol. The van der Waals surface area contributed by atoms with Gasteiger partial charge < -0.3 is 5.11 Å². The zero-order chi connectivity index (χ0) is 14.9. The van der Waals surface area contributed by atoms with E-state index in [-0.39, 0.29) is 21.6 Å². The molecule has 0 aromatic heterocycles. The highest BCUT2D eigenvalue weighted by molar-refractivity contribution is 7.80. The van der Waals surface area contributed by atoms with Gasteiger partial charge >= 0.3 is 12.1 Å². The van der Waals surface area contributed by atoms with Crippen molar-refractivity contribution >= 4 is 18.6 Å². The van der Waals surface area contributed by atoms with Crippen LogP contribution in [-0.4, -0.2) is 11.1 Å². The van der Waals surface area contributed by atoms with E-state index in [1.165, 1.54) is 36.4 Å². The number of alkyl halides is 3. The number of rotatable bonds is 2. The molecule has 0 aliphatic heterocycles. The highest BCUT2D eigenvalue weighted by atomic mass is 32.1. The highest BCUT2D eigenvalue weighted by Crippen LogP contribution is 2.39. The molecule has 2 aromatic carbocycles. The SMILES string of the molecule is O=C(O)c1cccc(-c2ccccc2C(F)(F)F)c1S. The van der Waals surface area contributed by atoms with Crippen molar-refractivity contribution in [1.82, 2.24) is 0 Å². The standard InChI is InChI=1S/C14H9F3O2S/c15-14(16,17)11-7-2-1-4-8(11)9-5-3-6-10(12(9)20)13(18)19/h1-7,20H,(H,18,19). The molecule has 0 radical (unpaired) electrons. The zero-order valence-electron chi connectivity index (χ0n) is 9.98. The summed E-state index contributed by atoms with van der Waals surface area (Å²) in [4.78, 5) is 11.0. The van der Waals surface area contributed by atoms with E-state index >= 15 is 0 Å². The van der Waals surface area contributed by atoms with Crippen LogP contribution in [-0.2, 0) is 6.18 Å². The molecule has 0 unspecified atom stereocenters. The van der Waals surface area contributed by atoms with Crippen molar-refractivity contribution in [1.29, 1.82) is 0 Å². The average Bonchev–Trinajstić information content (AvgIpc) is 2.37. The van der Waals surface area contributed by atoms with Gasteiger partial charge in [0.2, 0.25) is 0 Å². The Morgan fingerprint density at radius 1 is 1.00 bits per heavy atom. The Bertz CT molecular complexity index is 666. The number of hydrogen-bond acceptors (Lipinski definition) is 2. The fourth-order valence-electron chi connectivity index (χ4n) is 1.90. The third-order valence-corrected chi connectivity index (χ3v) is 3.27. The summed E-state index contributed by atoms with van der Waals surface area (Å²) in [7, 11) is 0. The third kappa shape index (κ3) is 2.65. The van der Waals surface area contributed by atoms with Crippen LogP contribution in [0.4, 0.5) is 13.2 Å². The molecule has 0 heterocycles. The second-order valence-electron chi connectivity index (χ2n) is 4.05. The van der Waals surface area contributed by atoms with Crippen LogP contribution in [0.1, 0.15) is 15.9 Å². The van der Waals surface area contributed by atoms with Crippen LogP contribution in [0.15, 0.2) is 47.4 Å². The maximum absolute atomic E-state index is 13.0. The maximum atomic E-state index is 13.0. The van der Waals surface area contributed by atoms with Crippen LogP contribution in [0.25, 0.3) is 11.1 Å². The van der Waals surface area contributed by atoms with Crippen molar-refractivity contribution in [2.75, 3.05) is 0 Å². The Hall–Kier alpha value is -1.95. The summed E-state index contributed by atoms with van der Waals surface area (Å²) in [6, 6.07) is 9.10. The quantitative estimate of drug-likeness (QED) is 0.808. The van der Waals surface area contributed by atoms with Crippen LogP contribution in [0.5, 0.6) is 0 Å². The fraction of sp³-hybridized carbons (Fsp3) is 0.0714. The summed E-state index contributed by atoms with van der Waals surface area (Å²) >= 11 is 4.06. The number of halogens is 3. The fourth-order valence-corrected chi connectivity index (χ4v) is 2.26. The molecule has 0 amide bonds. The minimum atomic E-state index is -4.52. The lowest BCUT2D eigenvalue weighted by Crippen LogP contribution is -2.07. The van der Waals surface area contributed by atoms with Crippen molar-refractivity contribution in [2.45, 2.75) is 11.1 Å². The predicted molar refractivity (Wildman–Crippen MR) is 71.1 cm³/mol. The molecule has 104 valence electrons. The van der Waals surface area contributed by atoms with E-state index in [0.29, 0.717) is 0 Å². The second-order valence-corrected chi connectivity index (χ2v) is 4.50. The summed E-state index contributed by atoms with van der Waals surface area (Å²) < 4.78 is 39.0. The molecule has 0 bridgehead atoms. The van der Waals surface area contributed by atoms with Gasteiger partial charge in [-0.25, -0.2) is 4.79 Å².